The minimum absolute atomic E-state index is 0.717. The molecule has 9 heavy (non-hydrogen) atoms. The summed E-state index contributed by atoms with van der Waals surface area (Å²) in [7, 11) is 2.30. The Labute approximate surface area is 58.0 Å². The maximum Gasteiger partial charge on any atom is 0.147 e. The second-order valence-corrected chi connectivity index (χ2v) is 3.34. The molecule has 1 N–H and O–H groups in total. The average molecular weight is 128 g/mol. The zero-order chi connectivity index (χ0) is 6.91. The lowest BCUT2D eigenvalue weighted by atomic mass is 10.0. The molecule has 2 unspecified atom stereocenters. The molecule has 1 heterocycles. The van der Waals surface area contributed by atoms with E-state index in [0.29, 0.717) is 0 Å². The Morgan fingerprint density at radius 1 is 1.44 bits per heavy atom. The molecule has 0 amide bonds. The molecular weight excluding hydrogens is 110 g/mol. The third-order valence-electron chi connectivity index (χ3n) is 2.79. The summed E-state index contributed by atoms with van der Waals surface area (Å²) in [6.07, 6.45) is 4.15. The van der Waals surface area contributed by atoms with Gasteiger partial charge in [-0.25, -0.2) is 0 Å². The minimum Gasteiger partial charge on any atom is -0.323 e. The lowest BCUT2D eigenvalue weighted by molar-refractivity contribution is -0.769. The molecule has 1 heteroatoms. The molecule has 1 nitrogen and oxygen atoms in total. The number of likely N-dealkylation sites (N-methyl/N-ethyl adjacent to an activating group) is 1. The van der Waals surface area contributed by atoms with Crippen molar-refractivity contribution in [1.82, 2.24) is 0 Å². The van der Waals surface area contributed by atoms with Gasteiger partial charge in [0.15, 0.2) is 0 Å². The van der Waals surface area contributed by atoms with Crippen LogP contribution in [0.15, 0.2) is 0 Å². The van der Waals surface area contributed by atoms with Crippen LogP contribution in [0.5, 0.6) is 0 Å². The van der Waals surface area contributed by atoms with Crippen molar-refractivity contribution >= 4 is 0 Å². The van der Waals surface area contributed by atoms with Gasteiger partial charge in [-0.15, -0.1) is 0 Å². The first-order valence-electron chi connectivity index (χ1n) is 4.08. The molecule has 54 valence electrons. The summed E-state index contributed by atoms with van der Waals surface area (Å²) in [4.78, 5) is 1.74. The summed E-state index contributed by atoms with van der Waals surface area (Å²) < 4.78 is 0. The van der Waals surface area contributed by atoms with Crippen LogP contribution in [0.4, 0.5) is 0 Å². The van der Waals surface area contributed by atoms with E-state index in [-0.39, 0.29) is 0 Å². The first kappa shape index (κ1) is 7.07. The van der Waals surface area contributed by atoms with Gasteiger partial charge < -0.3 is 4.90 Å². The highest BCUT2D eigenvalue weighted by atomic mass is 15.3. The van der Waals surface area contributed by atoms with Crippen molar-refractivity contribution in [2.75, 3.05) is 13.6 Å². The third kappa shape index (κ3) is 1.11. The quantitative estimate of drug-likeness (QED) is 0.527. The maximum absolute atomic E-state index is 2.31. The van der Waals surface area contributed by atoms with Crippen LogP contribution in [0.25, 0.3) is 0 Å². The monoisotopic (exact) mass is 128 g/mol. The van der Waals surface area contributed by atoms with Crippen molar-refractivity contribution in [1.29, 1.82) is 0 Å². The second kappa shape index (κ2) is 2.30. The molecular formula is C8H18N+. The van der Waals surface area contributed by atoms with Gasteiger partial charge in [0.05, 0.1) is 7.05 Å². The predicted octanol–water partition coefficient (Wildman–Crippen LogP) is 0.464. The van der Waals surface area contributed by atoms with Crippen molar-refractivity contribution in [2.45, 2.75) is 38.6 Å². The Morgan fingerprint density at radius 2 is 2.00 bits per heavy atom. The van der Waals surface area contributed by atoms with Crippen LogP contribution in [-0.2, 0) is 0 Å². The zero-order valence-corrected chi connectivity index (χ0v) is 6.83. The van der Waals surface area contributed by atoms with Crippen LogP contribution in [0.1, 0.15) is 33.1 Å². The molecule has 0 radical (unpaired) electrons. The molecule has 1 aliphatic heterocycles. The number of hydrogen-bond acceptors (Lipinski definition) is 0. The van der Waals surface area contributed by atoms with E-state index in [9.17, 15) is 0 Å². The summed E-state index contributed by atoms with van der Waals surface area (Å²) in [5, 5.41) is 0. The summed E-state index contributed by atoms with van der Waals surface area (Å²) >= 11 is 0. The second-order valence-electron chi connectivity index (χ2n) is 3.34. The Hall–Kier alpha value is -0.0400. The van der Waals surface area contributed by atoms with E-state index >= 15 is 0 Å². The lowest BCUT2D eigenvalue weighted by Gasteiger charge is -2.05. The first-order chi connectivity index (χ1) is 4.25. The summed E-state index contributed by atoms with van der Waals surface area (Å²) in [5.74, 6) is 0. The zero-order valence-electron chi connectivity index (χ0n) is 6.83. The summed E-state index contributed by atoms with van der Waals surface area (Å²) in [6.45, 7) is 6.01. The van der Waals surface area contributed by atoms with Gasteiger partial charge in [0.25, 0.3) is 0 Å². The van der Waals surface area contributed by atoms with Crippen LogP contribution >= 0.6 is 0 Å². The van der Waals surface area contributed by atoms with E-state index in [1.165, 1.54) is 25.8 Å². The predicted molar refractivity (Wildman–Crippen MR) is 39.7 cm³/mol. The number of quaternary nitrogens is 1. The number of rotatable bonds is 3. The van der Waals surface area contributed by atoms with Crippen molar-refractivity contribution in [3.05, 3.63) is 0 Å². The van der Waals surface area contributed by atoms with Gasteiger partial charge in [-0.2, -0.15) is 0 Å². The van der Waals surface area contributed by atoms with Crippen LogP contribution in [0.2, 0.25) is 0 Å². The van der Waals surface area contributed by atoms with Crippen molar-refractivity contribution in [3.8, 4) is 0 Å². The molecule has 0 saturated carbocycles. The largest absolute Gasteiger partial charge is 0.323 e. The Kier molecular flexibility index (Phi) is 1.80. The fourth-order valence-electron chi connectivity index (χ4n) is 1.85. The standard InChI is InChI=1S/C8H17N/c1-4-6-8(5-2)7-9(8)3/h4-7H2,1-3H3/p+1. The van der Waals surface area contributed by atoms with Crippen LogP contribution < -0.4 is 4.90 Å². The SMILES string of the molecule is CCCC1(CC)C[NH+]1C. The highest BCUT2D eigenvalue weighted by Gasteiger charge is 2.52. The van der Waals surface area contributed by atoms with Gasteiger partial charge in [-0.3, -0.25) is 0 Å². The summed E-state index contributed by atoms with van der Waals surface area (Å²) in [5.41, 5.74) is 0.717. The molecule has 0 aromatic heterocycles. The molecule has 0 spiro atoms. The van der Waals surface area contributed by atoms with E-state index in [1.807, 2.05) is 0 Å². The van der Waals surface area contributed by atoms with Gasteiger partial charge >= 0.3 is 0 Å². The van der Waals surface area contributed by atoms with Gasteiger partial charge in [0.2, 0.25) is 0 Å². The Balaban J connectivity index is 2.33. The van der Waals surface area contributed by atoms with E-state index < -0.39 is 0 Å². The molecule has 0 aromatic rings. The minimum atomic E-state index is 0.717. The molecule has 0 bridgehead atoms. The first-order valence-corrected chi connectivity index (χ1v) is 4.08. The smallest absolute Gasteiger partial charge is 0.147 e. The highest BCUT2D eigenvalue weighted by Crippen LogP contribution is 2.19. The molecule has 1 rings (SSSR count). The Bertz CT molecular complexity index is 96.7. The van der Waals surface area contributed by atoms with E-state index in [0.717, 1.165) is 5.54 Å². The summed E-state index contributed by atoms with van der Waals surface area (Å²) in [6, 6.07) is 0. The molecule has 1 saturated heterocycles. The maximum atomic E-state index is 2.31. The fourth-order valence-corrected chi connectivity index (χ4v) is 1.85. The molecule has 2 atom stereocenters. The van der Waals surface area contributed by atoms with Crippen LogP contribution in [0.3, 0.4) is 0 Å². The van der Waals surface area contributed by atoms with Crippen molar-refractivity contribution in [3.63, 3.8) is 0 Å². The highest BCUT2D eigenvalue weighted by molar-refractivity contribution is 4.85. The van der Waals surface area contributed by atoms with E-state index in [2.05, 4.69) is 20.9 Å². The number of nitrogens with one attached hydrogen (secondary N) is 1. The van der Waals surface area contributed by atoms with Crippen LogP contribution in [0, 0.1) is 0 Å². The lowest BCUT2D eigenvalue weighted by Crippen LogP contribution is -2.93. The van der Waals surface area contributed by atoms with Crippen LogP contribution in [-0.4, -0.2) is 19.1 Å². The Morgan fingerprint density at radius 3 is 2.11 bits per heavy atom. The average Bonchev–Trinajstić information content (AvgIpc) is 2.45. The topological polar surface area (TPSA) is 4.44 Å². The fraction of sp³-hybridized carbons (Fsp3) is 1.00. The number of hydrogen-bond donors (Lipinski definition) is 1. The molecule has 0 aliphatic carbocycles. The van der Waals surface area contributed by atoms with Crippen molar-refractivity contribution in [2.24, 2.45) is 0 Å². The molecule has 1 fully saturated rings. The molecule has 1 aliphatic rings. The van der Waals surface area contributed by atoms with Crippen molar-refractivity contribution < 1.29 is 4.90 Å². The van der Waals surface area contributed by atoms with Gasteiger partial charge in [0, 0.05) is 12.8 Å². The third-order valence-corrected chi connectivity index (χ3v) is 2.79. The van der Waals surface area contributed by atoms with E-state index in [4.69, 9.17) is 0 Å². The van der Waals surface area contributed by atoms with Gasteiger partial charge in [-0.1, -0.05) is 13.8 Å². The normalized spacial score (nSPS) is 41.0. The van der Waals surface area contributed by atoms with Gasteiger partial charge in [0.1, 0.15) is 12.1 Å². The van der Waals surface area contributed by atoms with Gasteiger partial charge in [-0.05, 0) is 6.42 Å². The molecule has 0 aromatic carbocycles. The van der Waals surface area contributed by atoms with E-state index in [1.54, 1.807) is 4.90 Å².